The van der Waals surface area contributed by atoms with E-state index in [0.29, 0.717) is 25.0 Å². The molecule has 0 aromatic carbocycles. The summed E-state index contributed by atoms with van der Waals surface area (Å²) in [4.78, 5) is 22.7. The molecule has 32 heavy (non-hydrogen) atoms. The van der Waals surface area contributed by atoms with Gasteiger partial charge in [0.25, 0.3) is 0 Å². The van der Waals surface area contributed by atoms with Crippen LogP contribution in [0.4, 0.5) is 0 Å². The molecule has 0 N–H and O–H groups in total. The van der Waals surface area contributed by atoms with Crippen LogP contribution in [0.1, 0.15) is 119 Å². The summed E-state index contributed by atoms with van der Waals surface area (Å²) in [6.07, 6.45) is 15.7. The molecule has 0 bridgehead atoms. The predicted molar refractivity (Wildman–Crippen MR) is 132 cm³/mol. The molecule has 4 nitrogen and oxygen atoms in total. The van der Waals surface area contributed by atoms with Crippen LogP contribution in [0.5, 0.6) is 0 Å². The van der Waals surface area contributed by atoms with Gasteiger partial charge in [0, 0.05) is 0 Å². The van der Waals surface area contributed by atoms with Gasteiger partial charge in [-0.05, 0) is 49.4 Å². The zero-order valence-electron chi connectivity index (χ0n) is 22.0. The Bertz CT molecular complexity index is 452. The molecule has 0 aromatic heterocycles. The third-order valence-corrected chi connectivity index (χ3v) is 7.19. The van der Waals surface area contributed by atoms with E-state index in [1.165, 1.54) is 77.0 Å². The Kier molecular flexibility index (Phi) is 15.0. The summed E-state index contributed by atoms with van der Waals surface area (Å²) in [5.41, 5.74) is 0. The predicted octanol–water partition coefficient (Wildman–Crippen LogP) is 7.58. The van der Waals surface area contributed by atoms with Crippen molar-refractivity contribution in [3.8, 4) is 0 Å². The fourth-order valence-electron chi connectivity index (χ4n) is 4.92. The number of hydrogen-bond acceptors (Lipinski definition) is 4. The van der Waals surface area contributed by atoms with Crippen LogP contribution in [0.3, 0.4) is 0 Å². The van der Waals surface area contributed by atoms with Gasteiger partial charge in [0.15, 0.2) is 0 Å². The lowest BCUT2D eigenvalue weighted by atomic mass is 9.80. The second kappa shape index (κ2) is 16.5. The summed E-state index contributed by atoms with van der Waals surface area (Å²) in [6, 6.07) is 0. The van der Waals surface area contributed by atoms with Crippen molar-refractivity contribution in [3.63, 3.8) is 0 Å². The minimum Gasteiger partial charge on any atom is -0.465 e. The first kappa shape index (κ1) is 29.0. The first-order chi connectivity index (χ1) is 15.3. The standard InChI is InChI=1S/2C14H26O2/c2*1-4-5-12-6-8-13(9-7-12)10-16-14(15)11(2)3/h2*11-13H,4-10H2,1-3H3/t2*12-,13-. The third-order valence-electron chi connectivity index (χ3n) is 7.19. The van der Waals surface area contributed by atoms with E-state index in [1.807, 2.05) is 27.7 Å². The molecule has 2 aliphatic carbocycles. The van der Waals surface area contributed by atoms with Crippen LogP contribution in [-0.2, 0) is 19.1 Å². The van der Waals surface area contributed by atoms with Gasteiger partial charge in [0.2, 0.25) is 0 Å². The van der Waals surface area contributed by atoms with Gasteiger partial charge in [0.05, 0.1) is 25.0 Å². The van der Waals surface area contributed by atoms with E-state index in [0.717, 1.165) is 11.8 Å². The van der Waals surface area contributed by atoms with Gasteiger partial charge in [0.1, 0.15) is 0 Å². The Balaban J connectivity index is 0.000000320. The molecule has 0 saturated heterocycles. The number of carbonyl (C=O) groups is 2. The molecule has 0 spiro atoms. The van der Waals surface area contributed by atoms with Crippen LogP contribution in [0.15, 0.2) is 0 Å². The van der Waals surface area contributed by atoms with Gasteiger partial charge in [-0.2, -0.15) is 0 Å². The molecule has 0 heterocycles. The van der Waals surface area contributed by atoms with E-state index in [1.54, 1.807) is 0 Å². The second-order valence-electron chi connectivity index (χ2n) is 10.9. The third kappa shape index (κ3) is 12.3. The van der Waals surface area contributed by atoms with Crippen molar-refractivity contribution in [2.24, 2.45) is 35.5 Å². The van der Waals surface area contributed by atoms with Crippen LogP contribution in [0, 0.1) is 35.5 Å². The summed E-state index contributed by atoms with van der Waals surface area (Å²) in [7, 11) is 0. The smallest absolute Gasteiger partial charge is 0.308 e. The SMILES string of the molecule is CCC[C@H]1CC[C@H](COC(=O)C(C)C)CC1.CCC[C@H]1CC[C@H](COC(=O)C(C)C)CC1. The maximum Gasteiger partial charge on any atom is 0.308 e. The van der Waals surface area contributed by atoms with Crippen LogP contribution in [0.2, 0.25) is 0 Å². The Morgan fingerprint density at radius 3 is 1.12 bits per heavy atom. The minimum atomic E-state index is -0.0457. The lowest BCUT2D eigenvalue weighted by Gasteiger charge is -2.28. The molecule has 0 aromatic rings. The largest absolute Gasteiger partial charge is 0.465 e. The lowest BCUT2D eigenvalue weighted by molar-refractivity contribution is -0.150. The molecule has 0 atom stereocenters. The van der Waals surface area contributed by atoms with Gasteiger partial charge in [-0.3, -0.25) is 9.59 Å². The fourth-order valence-corrected chi connectivity index (χ4v) is 4.92. The normalized spacial score (nSPS) is 25.8. The average molecular weight is 453 g/mol. The molecule has 2 saturated carbocycles. The molecule has 2 aliphatic rings. The summed E-state index contributed by atoms with van der Waals surface area (Å²) >= 11 is 0. The van der Waals surface area contributed by atoms with Crippen LogP contribution < -0.4 is 0 Å². The van der Waals surface area contributed by atoms with Crippen molar-refractivity contribution >= 4 is 11.9 Å². The monoisotopic (exact) mass is 452 g/mol. The first-order valence-corrected chi connectivity index (χ1v) is 13.6. The van der Waals surface area contributed by atoms with Gasteiger partial charge in [-0.25, -0.2) is 0 Å². The summed E-state index contributed by atoms with van der Waals surface area (Å²) in [5, 5.41) is 0. The Labute approximate surface area is 198 Å². The summed E-state index contributed by atoms with van der Waals surface area (Å²) in [5.74, 6) is 3.04. The Hall–Kier alpha value is -1.06. The van der Waals surface area contributed by atoms with Crippen LogP contribution >= 0.6 is 0 Å². The molecule has 4 heteroatoms. The van der Waals surface area contributed by atoms with Crippen molar-refractivity contribution in [2.45, 2.75) is 119 Å². The molecular formula is C28H52O4. The van der Waals surface area contributed by atoms with Crippen molar-refractivity contribution in [2.75, 3.05) is 13.2 Å². The molecule has 0 radical (unpaired) electrons. The quantitative estimate of drug-likeness (QED) is 0.320. The van der Waals surface area contributed by atoms with Crippen molar-refractivity contribution in [1.82, 2.24) is 0 Å². The van der Waals surface area contributed by atoms with E-state index in [9.17, 15) is 9.59 Å². The first-order valence-electron chi connectivity index (χ1n) is 13.6. The van der Waals surface area contributed by atoms with Gasteiger partial charge in [-0.1, -0.05) is 92.9 Å². The van der Waals surface area contributed by atoms with Crippen molar-refractivity contribution in [1.29, 1.82) is 0 Å². The number of carbonyl (C=O) groups excluding carboxylic acids is 2. The highest BCUT2D eigenvalue weighted by atomic mass is 16.5. The number of ether oxygens (including phenoxy) is 2. The number of esters is 2. The topological polar surface area (TPSA) is 52.6 Å². The highest BCUT2D eigenvalue weighted by molar-refractivity contribution is 5.71. The van der Waals surface area contributed by atoms with Crippen LogP contribution in [0.25, 0.3) is 0 Å². The summed E-state index contributed by atoms with van der Waals surface area (Å²) in [6.45, 7) is 13.4. The second-order valence-corrected chi connectivity index (χ2v) is 10.9. The van der Waals surface area contributed by atoms with Crippen LogP contribution in [-0.4, -0.2) is 25.2 Å². The highest BCUT2D eigenvalue weighted by Crippen LogP contribution is 2.32. The maximum absolute atomic E-state index is 11.3. The molecule has 2 rings (SSSR count). The molecule has 2 fully saturated rings. The van der Waals surface area contributed by atoms with Crippen molar-refractivity contribution in [3.05, 3.63) is 0 Å². The van der Waals surface area contributed by atoms with E-state index in [4.69, 9.17) is 9.47 Å². The van der Waals surface area contributed by atoms with Crippen molar-refractivity contribution < 1.29 is 19.1 Å². The summed E-state index contributed by atoms with van der Waals surface area (Å²) < 4.78 is 10.6. The lowest BCUT2D eigenvalue weighted by Crippen LogP contribution is -2.22. The van der Waals surface area contributed by atoms with Gasteiger partial charge < -0.3 is 9.47 Å². The minimum absolute atomic E-state index is 0.0106. The fraction of sp³-hybridized carbons (Fsp3) is 0.929. The van der Waals surface area contributed by atoms with E-state index in [2.05, 4.69) is 13.8 Å². The van der Waals surface area contributed by atoms with E-state index < -0.39 is 0 Å². The Morgan fingerprint density at radius 1 is 0.594 bits per heavy atom. The number of rotatable bonds is 10. The van der Waals surface area contributed by atoms with Gasteiger partial charge >= 0.3 is 11.9 Å². The average Bonchev–Trinajstić information content (AvgIpc) is 2.78. The zero-order chi connectivity index (χ0) is 23.9. The molecule has 0 unspecified atom stereocenters. The van der Waals surface area contributed by atoms with Gasteiger partial charge in [-0.15, -0.1) is 0 Å². The maximum atomic E-state index is 11.3. The molecule has 188 valence electrons. The number of hydrogen-bond donors (Lipinski definition) is 0. The van der Waals surface area contributed by atoms with E-state index in [-0.39, 0.29) is 23.8 Å². The molecule has 0 aliphatic heterocycles. The Morgan fingerprint density at radius 2 is 0.875 bits per heavy atom. The van der Waals surface area contributed by atoms with E-state index >= 15 is 0 Å². The molecule has 0 amide bonds. The molecular weight excluding hydrogens is 400 g/mol. The zero-order valence-corrected chi connectivity index (χ0v) is 22.0. The highest BCUT2D eigenvalue weighted by Gasteiger charge is 2.23.